The second kappa shape index (κ2) is 8.28. The second-order valence-electron chi connectivity index (χ2n) is 6.88. The van der Waals surface area contributed by atoms with Crippen LogP contribution in [0.25, 0.3) is 0 Å². The van der Waals surface area contributed by atoms with Gasteiger partial charge in [0.2, 0.25) is 18.2 Å². The summed E-state index contributed by atoms with van der Waals surface area (Å²) in [6.07, 6.45) is 0. The molecule has 0 aromatic heterocycles. The largest absolute Gasteiger partial charge is 0.302 e. The van der Waals surface area contributed by atoms with Gasteiger partial charge in [0.1, 0.15) is 0 Å². The normalized spacial score (nSPS) is 13.0. The number of halogens is 2. The van der Waals surface area contributed by atoms with Crippen molar-refractivity contribution in [2.45, 2.75) is 20.8 Å². The summed E-state index contributed by atoms with van der Waals surface area (Å²) in [5.41, 5.74) is 0.556. The lowest BCUT2D eigenvalue weighted by Crippen LogP contribution is -2.22. The molecular weight excluding hydrogens is 426 g/mol. The van der Waals surface area contributed by atoms with Gasteiger partial charge in [-0.3, -0.25) is 9.59 Å². The van der Waals surface area contributed by atoms with Crippen LogP contribution in [0.3, 0.4) is 0 Å². The fourth-order valence-corrected chi connectivity index (χ4v) is 6.42. The van der Waals surface area contributed by atoms with Crippen LogP contribution in [0.5, 0.6) is 0 Å². The Hall–Kier alpha value is -2.19. The van der Waals surface area contributed by atoms with Crippen molar-refractivity contribution in [2.75, 3.05) is 0 Å². The van der Waals surface area contributed by atoms with Crippen LogP contribution in [-0.4, -0.2) is 11.0 Å². The molecule has 3 nitrogen and oxygen atoms in total. The van der Waals surface area contributed by atoms with E-state index in [0.717, 1.165) is 0 Å². The van der Waals surface area contributed by atoms with E-state index in [1.807, 2.05) is 6.07 Å². The number of carbonyl (C=O) groups is 2. The fraction of sp³-hybridized carbons (Fsp3) is 0.130. The topological polar surface area (TPSA) is 51.2 Å². The molecule has 0 N–H and O–H groups in total. The van der Waals surface area contributed by atoms with Gasteiger partial charge < -0.3 is 4.57 Å². The molecule has 0 fully saturated rings. The van der Waals surface area contributed by atoms with Gasteiger partial charge in [0.05, 0.1) is 15.6 Å². The number of carbonyl (C=O) groups excluding carboxylic acids is 2. The highest BCUT2D eigenvalue weighted by Gasteiger charge is 2.45. The average Bonchev–Trinajstić information content (AvgIpc) is 2.70. The molecule has 0 heterocycles. The molecule has 3 aromatic rings. The minimum absolute atomic E-state index is 0.0658. The summed E-state index contributed by atoms with van der Waals surface area (Å²) in [4.78, 5) is 27.3. The highest BCUT2D eigenvalue weighted by atomic mass is 35.5. The van der Waals surface area contributed by atoms with E-state index in [2.05, 4.69) is 0 Å². The van der Waals surface area contributed by atoms with Crippen molar-refractivity contribution in [3.63, 3.8) is 0 Å². The first-order valence-corrected chi connectivity index (χ1v) is 11.4. The molecule has 6 heteroatoms. The number of hydrogen-bond donors (Lipinski definition) is 0. The van der Waals surface area contributed by atoms with Gasteiger partial charge in [0, 0.05) is 10.9 Å². The van der Waals surface area contributed by atoms with Crippen LogP contribution in [0.1, 0.15) is 37.4 Å². The Morgan fingerprint density at radius 2 is 1.24 bits per heavy atom. The molecule has 29 heavy (non-hydrogen) atoms. The van der Waals surface area contributed by atoms with Crippen LogP contribution >= 0.6 is 30.3 Å². The Bertz CT molecular complexity index is 1150. The minimum atomic E-state index is -4.27. The monoisotopic (exact) mass is 444 g/mol. The van der Waals surface area contributed by atoms with Crippen molar-refractivity contribution in [1.29, 1.82) is 0 Å². The molecule has 0 aliphatic rings. The van der Waals surface area contributed by atoms with E-state index in [9.17, 15) is 14.2 Å². The molecule has 0 amide bonds. The summed E-state index contributed by atoms with van der Waals surface area (Å²) < 4.78 is 14.3. The molecule has 0 saturated heterocycles. The number of aryl methyl sites for hydroxylation is 3. The van der Waals surface area contributed by atoms with Crippen LogP contribution in [0.15, 0.2) is 60.7 Å². The van der Waals surface area contributed by atoms with Crippen LogP contribution in [-0.2, 0) is 4.57 Å². The Balaban J connectivity index is 2.33. The molecule has 0 saturated carbocycles. The lowest BCUT2D eigenvalue weighted by molar-refractivity contribution is 0.104. The summed E-state index contributed by atoms with van der Waals surface area (Å²) in [5.74, 6) is 0. The zero-order valence-electron chi connectivity index (χ0n) is 16.2. The Kier molecular flexibility index (Phi) is 6.14. The maximum Gasteiger partial charge on any atom is 0.248 e. The summed E-state index contributed by atoms with van der Waals surface area (Å²) in [5, 5.41) is 0.329. The Morgan fingerprint density at radius 1 is 0.690 bits per heavy atom. The van der Waals surface area contributed by atoms with Crippen LogP contribution in [0.4, 0.5) is 0 Å². The minimum Gasteiger partial charge on any atom is -0.302 e. The molecular formula is C23H19Cl2O3P. The van der Waals surface area contributed by atoms with Gasteiger partial charge in [-0.15, -0.1) is 0 Å². The predicted octanol–water partition coefficient (Wildman–Crippen LogP) is 6.59. The van der Waals surface area contributed by atoms with E-state index in [1.165, 1.54) is 18.2 Å². The van der Waals surface area contributed by atoms with Crippen LogP contribution < -0.4 is 5.30 Å². The standard InChI is InChI=1S/C23H19Cl2O3P/c1-14-8-7-9-15(2)19(14)22(26)29(28,17-10-5-4-6-11-17)23(27)20-18(24)13-12-16(3)21(20)25/h4-13H,1-3H3. The van der Waals surface area contributed by atoms with Gasteiger partial charge in [-0.25, -0.2) is 0 Å². The number of benzene rings is 3. The highest BCUT2D eigenvalue weighted by molar-refractivity contribution is 8.01. The van der Waals surface area contributed by atoms with Crippen molar-refractivity contribution in [3.8, 4) is 0 Å². The molecule has 0 aliphatic heterocycles. The maximum atomic E-state index is 14.3. The molecule has 1 unspecified atom stereocenters. The smallest absolute Gasteiger partial charge is 0.248 e. The third-order valence-corrected chi connectivity index (χ3v) is 8.30. The number of rotatable bonds is 5. The third kappa shape index (κ3) is 3.71. The predicted molar refractivity (Wildman–Crippen MR) is 119 cm³/mol. The highest BCUT2D eigenvalue weighted by Crippen LogP contribution is 2.53. The van der Waals surface area contributed by atoms with Gasteiger partial charge in [0.15, 0.2) is 0 Å². The Labute approximate surface area is 180 Å². The van der Waals surface area contributed by atoms with E-state index in [-0.39, 0.29) is 26.5 Å². The summed E-state index contributed by atoms with van der Waals surface area (Å²) >= 11 is 12.6. The van der Waals surface area contributed by atoms with E-state index >= 15 is 0 Å². The summed E-state index contributed by atoms with van der Waals surface area (Å²) in [7, 11) is -4.27. The first-order valence-electron chi connectivity index (χ1n) is 8.95. The molecule has 3 rings (SSSR count). The fourth-order valence-electron chi connectivity index (χ4n) is 3.28. The van der Waals surface area contributed by atoms with Crippen LogP contribution in [0, 0.1) is 20.8 Å². The van der Waals surface area contributed by atoms with Crippen molar-refractivity contribution in [2.24, 2.45) is 0 Å². The van der Waals surface area contributed by atoms with Crippen molar-refractivity contribution in [3.05, 3.63) is 98.5 Å². The summed E-state index contributed by atoms with van der Waals surface area (Å²) in [6, 6.07) is 16.6. The zero-order chi connectivity index (χ0) is 21.3. The SMILES string of the molecule is Cc1ccc(Cl)c(C(=O)P(=O)(C(=O)c2c(C)cccc2C)c2ccccc2)c1Cl. The molecule has 0 radical (unpaired) electrons. The molecule has 0 aliphatic carbocycles. The molecule has 0 bridgehead atoms. The molecule has 3 aromatic carbocycles. The molecule has 1 atom stereocenters. The quantitative estimate of drug-likeness (QED) is 0.417. The third-order valence-electron chi connectivity index (χ3n) is 4.88. The first-order chi connectivity index (χ1) is 13.7. The van der Waals surface area contributed by atoms with E-state index in [1.54, 1.807) is 57.2 Å². The van der Waals surface area contributed by atoms with Crippen molar-refractivity contribution in [1.82, 2.24) is 0 Å². The van der Waals surface area contributed by atoms with E-state index < -0.39 is 18.2 Å². The van der Waals surface area contributed by atoms with Crippen molar-refractivity contribution < 1.29 is 14.2 Å². The van der Waals surface area contributed by atoms with Gasteiger partial charge in [-0.2, -0.15) is 0 Å². The van der Waals surface area contributed by atoms with Gasteiger partial charge in [-0.05, 0) is 43.5 Å². The second-order valence-corrected chi connectivity index (χ2v) is 10.2. The van der Waals surface area contributed by atoms with Crippen molar-refractivity contribution >= 4 is 46.7 Å². The lowest BCUT2D eigenvalue weighted by Gasteiger charge is -2.20. The summed E-state index contributed by atoms with van der Waals surface area (Å²) in [6.45, 7) is 5.23. The Morgan fingerprint density at radius 3 is 1.83 bits per heavy atom. The zero-order valence-corrected chi connectivity index (χ0v) is 18.6. The van der Waals surface area contributed by atoms with Crippen LogP contribution in [0.2, 0.25) is 10.0 Å². The number of hydrogen-bond acceptors (Lipinski definition) is 3. The molecule has 148 valence electrons. The van der Waals surface area contributed by atoms with Gasteiger partial charge in [0.25, 0.3) is 0 Å². The van der Waals surface area contributed by atoms with E-state index in [4.69, 9.17) is 23.2 Å². The lowest BCUT2D eigenvalue weighted by atomic mass is 10.0. The maximum absolute atomic E-state index is 14.3. The first kappa shape index (κ1) is 21.5. The van der Waals surface area contributed by atoms with E-state index in [0.29, 0.717) is 16.7 Å². The van der Waals surface area contributed by atoms with Gasteiger partial charge >= 0.3 is 0 Å². The van der Waals surface area contributed by atoms with Gasteiger partial charge in [-0.1, -0.05) is 77.8 Å². The average molecular weight is 445 g/mol. The molecule has 0 spiro atoms.